The van der Waals surface area contributed by atoms with E-state index in [2.05, 4.69) is 15.5 Å². The number of carbonyl (C=O) groups is 1. The minimum Gasteiger partial charge on any atom is -0.455 e. The fourth-order valence-corrected chi connectivity index (χ4v) is 3.03. The first kappa shape index (κ1) is 14.6. The van der Waals surface area contributed by atoms with Gasteiger partial charge in [0.25, 0.3) is 5.91 Å². The number of hydrogen-bond acceptors (Lipinski definition) is 3. The average molecular weight is 329 g/mol. The average Bonchev–Trinajstić information content (AvgIpc) is 3.15. The van der Waals surface area contributed by atoms with Crippen LogP contribution in [0.4, 0.5) is 14.5 Å². The second kappa shape index (κ2) is 5.30. The van der Waals surface area contributed by atoms with Crippen molar-refractivity contribution >= 4 is 11.6 Å². The van der Waals surface area contributed by atoms with E-state index in [4.69, 9.17) is 4.42 Å². The Morgan fingerprint density at radius 2 is 2.17 bits per heavy atom. The van der Waals surface area contributed by atoms with Crippen LogP contribution in [0.15, 0.2) is 28.8 Å². The molecule has 1 aliphatic carbocycles. The molecule has 2 N–H and O–H groups in total. The summed E-state index contributed by atoms with van der Waals surface area (Å²) < 4.78 is 32.6. The van der Waals surface area contributed by atoms with E-state index in [1.54, 1.807) is 13.1 Å². The smallest absolute Gasteiger partial charge is 0.291 e. The van der Waals surface area contributed by atoms with Crippen LogP contribution in [0, 0.1) is 18.6 Å². The zero-order valence-corrected chi connectivity index (χ0v) is 12.7. The summed E-state index contributed by atoms with van der Waals surface area (Å²) in [5.74, 6) is -1.19. The molecule has 1 amide bonds. The number of furan rings is 1. The fraction of sp³-hybridized carbons (Fsp3) is 0.176. The first-order valence-electron chi connectivity index (χ1n) is 7.46. The van der Waals surface area contributed by atoms with Crippen LogP contribution in [-0.2, 0) is 12.8 Å². The molecule has 0 saturated heterocycles. The van der Waals surface area contributed by atoms with E-state index in [9.17, 15) is 13.6 Å². The van der Waals surface area contributed by atoms with E-state index in [0.29, 0.717) is 17.7 Å². The number of carbonyl (C=O) groups excluding carboxylic acids is 1. The van der Waals surface area contributed by atoms with Gasteiger partial charge in [-0.2, -0.15) is 5.10 Å². The summed E-state index contributed by atoms with van der Waals surface area (Å²) in [5, 5.41) is 9.31. The van der Waals surface area contributed by atoms with E-state index in [1.807, 2.05) is 0 Å². The highest BCUT2D eigenvalue weighted by molar-refractivity contribution is 6.04. The van der Waals surface area contributed by atoms with Crippen LogP contribution in [0.2, 0.25) is 0 Å². The molecule has 0 aliphatic heterocycles. The van der Waals surface area contributed by atoms with Gasteiger partial charge in [0.2, 0.25) is 0 Å². The number of halogens is 2. The molecule has 7 heteroatoms. The Balaban J connectivity index is 1.71. The van der Waals surface area contributed by atoms with Crippen molar-refractivity contribution in [2.75, 3.05) is 5.32 Å². The van der Waals surface area contributed by atoms with Crippen molar-refractivity contribution in [3.63, 3.8) is 0 Å². The molecular formula is C17H13F2N3O2. The molecule has 0 spiro atoms. The lowest BCUT2D eigenvalue weighted by Crippen LogP contribution is -2.13. The Morgan fingerprint density at radius 1 is 1.33 bits per heavy atom. The number of amides is 1. The number of nitrogens with one attached hydrogen (secondary N) is 2. The third-order valence-electron chi connectivity index (χ3n) is 4.19. The van der Waals surface area contributed by atoms with Crippen molar-refractivity contribution in [3.8, 4) is 11.3 Å². The number of fused-ring (bicyclic) bond motifs is 3. The van der Waals surface area contributed by atoms with Crippen molar-refractivity contribution in [1.82, 2.24) is 10.2 Å². The Bertz CT molecular complexity index is 959. The van der Waals surface area contributed by atoms with Crippen LogP contribution < -0.4 is 5.32 Å². The molecule has 1 aliphatic rings. The summed E-state index contributed by atoms with van der Waals surface area (Å²) in [6, 6.07) is 2.88. The summed E-state index contributed by atoms with van der Waals surface area (Å²) in [5.41, 5.74) is 3.14. The maximum atomic E-state index is 13.7. The molecule has 0 atom stereocenters. The van der Waals surface area contributed by atoms with Gasteiger partial charge in [0.1, 0.15) is 17.4 Å². The van der Waals surface area contributed by atoms with Gasteiger partial charge in [-0.05, 0) is 31.0 Å². The van der Waals surface area contributed by atoms with Gasteiger partial charge in [0.05, 0.1) is 17.6 Å². The van der Waals surface area contributed by atoms with Gasteiger partial charge in [-0.25, -0.2) is 8.78 Å². The summed E-state index contributed by atoms with van der Waals surface area (Å²) in [7, 11) is 0. The Hall–Kier alpha value is -2.96. The third kappa shape index (κ3) is 2.20. The van der Waals surface area contributed by atoms with Crippen molar-refractivity contribution in [3.05, 3.63) is 58.7 Å². The molecule has 24 heavy (non-hydrogen) atoms. The minimum atomic E-state index is -0.713. The zero-order chi connectivity index (χ0) is 16.8. The molecule has 5 nitrogen and oxygen atoms in total. The van der Waals surface area contributed by atoms with Crippen LogP contribution in [0.5, 0.6) is 0 Å². The molecule has 0 saturated carbocycles. The van der Waals surface area contributed by atoms with Crippen molar-refractivity contribution in [2.24, 2.45) is 0 Å². The second-order valence-corrected chi connectivity index (χ2v) is 5.70. The van der Waals surface area contributed by atoms with E-state index in [1.165, 1.54) is 0 Å². The minimum absolute atomic E-state index is 0.0890. The maximum Gasteiger partial charge on any atom is 0.291 e. The summed E-state index contributed by atoms with van der Waals surface area (Å²) in [6.45, 7) is 1.76. The summed E-state index contributed by atoms with van der Waals surface area (Å²) >= 11 is 0. The number of aromatic amines is 1. The number of rotatable bonds is 2. The standard InChI is InChI=1S/C17H13F2N3O2/c1-8-14-13(5-2-9-7-20-22-15(9)14)24-16(8)17(23)21-12-6-10(18)3-4-11(12)19/h3-4,6-7H,2,5H2,1H3,(H,20,22)(H,21,23). The van der Waals surface area contributed by atoms with Gasteiger partial charge in [-0.3, -0.25) is 9.89 Å². The highest BCUT2D eigenvalue weighted by Gasteiger charge is 2.28. The van der Waals surface area contributed by atoms with Crippen molar-refractivity contribution in [2.45, 2.75) is 19.8 Å². The summed E-state index contributed by atoms with van der Waals surface area (Å²) in [4.78, 5) is 12.4. The normalized spacial score (nSPS) is 12.6. The molecular weight excluding hydrogens is 316 g/mol. The van der Waals surface area contributed by atoms with Crippen LogP contribution in [0.3, 0.4) is 0 Å². The third-order valence-corrected chi connectivity index (χ3v) is 4.19. The lowest BCUT2D eigenvalue weighted by atomic mass is 9.93. The molecule has 0 unspecified atom stereocenters. The fourth-order valence-electron chi connectivity index (χ4n) is 3.03. The largest absolute Gasteiger partial charge is 0.455 e. The van der Waals surface area contributed by atoms with Gasteiger partial charge >= 0.3 is 0 Å². The quantitative estimate of drug-likeness (QED) is 0.754. The van der Waals surface area contributed by atoms with Gasteiger partial charge in [0.15, 0.2) is 5.76 Å². The number of aryl methyl sites for hydroxylation is 2. The van der Waals surface area contributed by atoms with Crippen LogP contribution in [0.25, 0.3) is 11.3 Å². The predicted octanol–water partition coefficient (Wildman–Crippen LogP) is 3.61. The van der Waals surface area contributed by atoms with E-state index < -0.39 is 17.5 Å². The first-order chi connectivity index (χ1) is 11.5. The number of benzene rings is 1. The van der Waals surface area contributed by atoms with Gasteiger partial charge < -0.3 is 9.73 Å². The molecule has 1 aromatic carbocycles. The van der Waals surface area contributed by atoms with Gasteiger partial charge in [0, 0.05) is 23.6 Å². The van der Waals surface area contributed by atoms with Gasteiger partial charge in [-0.1, -0.05) is 0 Å². The predicted molar refractivity (Wildman–Crippen MR) is 82.7 cm³/mol. The number of H-pyrrole nitrogens is 1. The Morgan fingerprint density at radius 3 is 3.00 bits per heavy atom. The molecule has 3 aromatic rings. The van der Waals surface area contributed by atoms with Crippen molar-refractivity contribution < 1.29 is 18.0 Å². The van der Waals surface area contributed by atoms with E-state index in [-0.39, 0.29) is 11.4 Å². The topological polar surface area (TPSA) is 70.9 Å². The number of hydrogen-bond donors (Lipinski definition) is 2. The molecule has 4 rings (SSSR count). The lowest BCUT2D eigenvalue weighted by molar-refractivity contribution is 0.0993. The summed E-state index contributed by atoms with van der Waals surface area (Å²) in [6.07, 6.45) is 3.18. The molecule has 0 fully saturated rings. The highest BCUT2D eigenvalue weighted by Crippen LogP contribution is 2.38. The molecule has 2 heterocycles. The molecule has 0 radical (unpaired) electrons. The second-order valence-electron chi connectivity index (χ2n) is 5.70. The SMILES string of the molecule is Cc1c(C(=O)Nc2cc(F)ccc2F)oc2c1-c1[nH]ncc1CC2. The molecule has 2 aromatic heterocycles. The maximum absolute atomic E-state index is 13.7. The Kier molecular flexibility index (Phi) is 3.23. The van der Waals surface area contributed by atoms with Gasteiger partial charge in [-0.15, -0.1) is 0 Å². The zero-order valence-electron chi connectivity index (χ0n) is 12.7. The monoisotopic (exact) mass is 329 g/mol. The van der Waals surface area contributed by atoms with Crippen LogP contribution in [-0.4, -0.2) is 16.1 Å². The van der Waals surface area contributed by atoms with E-state index >= 15 is 0 Å². The Labute approximate surface area is 135 Å². The number of nitrogens with zero attached hydrogens (tertiary/aromatic N) is 1. The first-order valence-corrected chi connectivity index (χ1v) is 7.46. The molecule has 0 bridgehead atoms. The number of anilines is 1. The van der Waals surface area contributed by atoms with Crippen molar-refractivity contribution in [1.29, 1.82) is 0 Å². The molecule has 122 valence electrons. The lowest BCUT2D eigenvalue weighted by Gasteiger charge is -2.09. The number of aromatic nitrogens is 2. The van der Waals surface area contributed by atoms with Crippen LogP contribution >= 0.6 is 0 Å². The highest BCUT2D eigenvalue weighted by atomic mass is 19.1. The van der Waals surface area contributed by atoms with Crippen LogP contribution in [0.1, 0.15) is 27.4 Å². The van der Waals surface area contributed by atoms with E-state index in [0.717, 1.165) is 41.4 Å².